The van der Waals surface area contributed by atoms with Crippen LogP contribution in [0.15, 0.2) is 22.7 Å². The highest BCUT2D eigenvalue weighted by Crippen LogP contribution is 2.17. The lowest BCUT2D eigenvalue weighted by Crippen LogP contribution is -2.36. The highest BCUT2D eigenvalue weighted by molar-refractivity contribution is 9.10. The minimum absolute atomic E-state index is 0.218. The van der Waals surface area contributed by atoms with Gasteiger partial charge in [0.15, 0.2) is 0 Å². The van der Waals surface area contributed by atoms with Crippen LogP contribution in [0.3, 0.4) is 0 Å². The van der Waals surface area contributed by atoms with Crippen LogP contribution in [0, 0.1) is 5.82 Å². The fourth-order valence-electron chi connectivity index (χ4n) is 1.81. The van der Waals surface area contributed by atoms with E-state index in [0.29, 0.717) is 10.5 Å². The molecule has 1 aromatic rings. The molecule has 1 aromatic carbocycles. The van der Waals surface area contributed by atoms with E-state index in [9.17, 15) is 4.39 Å². The smallest absolute Gasteiger partial charge is 0.137 e. The van der Waals surface area contributed by atoms with Crippen LogP contribution in [0.5, 0.6) is 0 Å². The van der Waals surface area contributed by atoms with E-state index in [0.717, 1.165) is 38.2 Å². The van der Waals surface area contributed by atoms with Crippen molar-refractivity contribution in [1.82, 2.24) is 5.32 Å². The average Bonchev–Trinajstić information content (AvgIpc) is 2.32. The average molecular weight is 288 g/mol. The zero-order valence-corrected chi connectivity index (χ0v) is 10.6. The van der Waals surface area contributed by atoms with E-state index in [1.165, 1.54) is 6.07 Å². The van der Waals surface area contributed by atoms with Gasteiger partial charge in [0, 0.05) is 19.2 Å². The molecule has 1 saturated heterocycles. The van der Waals surface area contributed by atoms with E-state index >= 15 is 0 Å². The quantitative estimate of drug-likeness (QED) is 0.923. The molecule has 1 aliphatic heterocycles. The van der Waals surface area contributed by atoms with Crippen molar-refractivity contribution in [2.75, 3.05) is 13.2 Å². The van der Waals surface area contributed by atoms with Crippen molar-refractivity contribution >= 4 is 15.9 Å². The second-order valence-corrected chi connectivity index (χ2v) is 4.90. The first-order chi connectivity index (χ1) is 7.75. The third kappa shape index (κ3) is 3.27. The SMILES string of the molecule is Fc1ccc(CNC2CCCOC2)cc1Br. The minimum atomic E-state index is -0.218. The minimum Gasteiger partial charge on any atom is -0.380 e. The van der Waals surface area contributed by atoms with Crippen molar-refractivity contribution in [1.29, 1.82) is 0 Å². The second-order valence-electron chi connectivity index (χ2n) is 4.04. The highest BCUT2D eigenvalue weighted by atomic mass is 79.9. The van der Waals surface area contributed by atoms with Gasteiger partial charge in [-0.1, -0.05) is 6.07 Å². The van der Waals surface area contributed by atoms with Gasteiger partial charge in [0.05, 0.1) is 11.1 Å². The van der Waals surface area contributed by atoms with Crippen molar-refractivity contribution < 1.29 is 9.13 Å². The summed E-state index contributed by atoms with van der Waals surface area (Å²) in [5, 5.41) is 3.42. The molecule has 0 saturated carbocycles. The number of hydrogen-bond acceptors (Lipinski definition) is 2. The number of ether oxygens (including phenoxy) is 1. The molecule has 1 N–H and O–H groups in total. The molecule has 0 aromatic heterocycles. The van der Waals surface area contributed by atoms with Crippen molar-refractivity contribution in [3.05, 3.63) is 34.1 Å². The Bertz CT molecular complexity index is 353. The first kappa shape index (κ1) is 12.0. The summed E-state index contributed by atoms with van der Waals surface area (Å²) in [5.41, 5.74) is 1.08. The lowest BCUT2D eigenvalue weighted by Gasteiger charge is -2.23. The van der Waals surface area contributed by atoms with Gasteiger partial charge >= 0.3 is 0 Å². The van der Waals surface area contributed by atoms with Crippen LogP contribution < -0.4 is 5.32 Å². The summed E-state index contributed by atoms with van der Waals surface area (Å²) in [4.78, 5) is 0. The maximum Gasteiger partial charge on any atom is 0.137 e. The van der Waals surface area contributed by atoms with Crippen molar-refractivity contribution in [2.24, 2.45) is 0 Å². The first-order valence-corrected chi connectivity index (χ1v) is 6.30. The van der Waals surface area contributed by atoms with Gasteiger partial charge in [-0.2, -0.15) is 0 Å². The van der Waals surface area contributed by atoms with Gasteiger partial charge in [-0.3, -0.25) is 0 Å². The molecule has 0 spiro atoms. The summed E-state index contributed by atoms with van der Waals surface area (Å²) in [5.74, 6) is -0.218. The molecule has 1 atom stereocenters. The fourth-order valence-corrected chi connectivity index (χ4v) is 2.24. The fraction of sp³-hybridized carbons (Fsp3) is 0.500. The van der Waals surface area contributed by atoms with Crippen LogP contribution in [-0.4, -0.2) is 19.3 Å². The number of hydrogen-bond donors (Lipinski definition) is 1. The van der Waals surface area contributed by atoms with Crippen molar-refractivity contribution in [3.63, 3.8) is 0 Å². The van der Waals surface area contributed by atoms with Gasteiger partial charge in [0.2, 0.25) is 0 Å². The molecule has 0 aliphatic carbocycles. The second kappa shape index (κ2) is 5.75. The van der Waals surface area contributed by atoms with E-state index in [1.54, 1.807) is 6.07 Å². The molecule has 4 heteroatoms. The number of rotatable bonds is 3. The van der Waals surface area contributed by atoms with Gasteiger partial charge in [0.1, 0.15) is 5.82 Å². The lowest BCUT2D eigenvalue weighted by atomic mass is 10.1. The summed E-state index contributed by atoms with van der Waals surface area (Å²) in [6, 6.07) is 5.53. The van der Waals surface area contributed by atoms with Gasteiger partial charge in [-0.25, -0.2) is 4.39 Å². The van der Waals surface area contributed by atoms with Gasteiger partial charge in [0.25, 0.3) is 0 Å². The van der Waals surface area contributed by atoms with E-state index < -0.39 is 0 Å². The highest BCUT2D eigenvalue weighted by Gasteiger charge is 2.12. The molecule has 0 amide bonds. The molecule has 1 aliphatic rings. The van der Waals surface area contributed by atoms with E-state index in [2.05, 4.69) is 21.2 Å². The zero-order valence-electron chi connectivity index (χ0n) is 9.01. The molecule has 88 valence electrons. The predicted molar refractivity (Wildman–Crippen MR) is 64.8 cm³/mol. The van der Waals surface area contributed by atoms with Crippen LogP contribution in [0.4, 0.5) is 4.39 Å². The maximum atomic E-state index is 13.0. The Kier molecular flexibility index (Phi) is 4.32. The summed E-state index contributed by atoms with van der Waals surface area (Å²) in [6.45, 7) is 2.41. The maximum absolute atomic E-state index is 13.0. The molecule has 2 nitrogen and oxygen atoms in total. The standard InChI is InChI=1S/C12H15BrFNO/c13-11-6-9(3-4-12(11)14)7-15-10-2-1-5-16-8-10/h3-4,6,10,15H,1-2,5,7-8H2. The third-order valence-corrected chi connectivity index (χ3v) is 3.35. The van der Waals surface area contributed by atoms with Gasteiger partial charge < -0.3 is 10.1 Å². The van der Waals surface area contributed by atoms with Crippen LogP contribution in [0.1, 0.15) is 18.4 Å². The van der Waals surface area contributed by atoms with Gasteiger partial charge in [-0.15, -0.1) is 0 Å². The Balaban J connectivity index is 1.86. The van der Waals surface area contributed by atoms with E-state index in [1.807, 2.05) is 6.07 Å². The number of nitrogens with one attached hydrogen (secondary N) is 1. The molecule has 2 rings (SSSR count). The lowest BCUT2D eigenvalue weighted by molar-refractivity contribution is 0.0699. The Hall–Kier alpha value is -0.450. The summed E-state index contributed by atoms with van der Waals surface area (Å²) in [6.07, 6.45) is 2.27. The van der Waals surface area contributed by atoms with Crippen LogP contribution in [0.25, 0.3) is 0 Å². The van der Waals surface area contributed by atoms with E-state index in [4.69, 9.17) is 4.74 Å². The monoisotopic (exact) mass is 287 g/mol. The third-order valence-electron chi connectivity index (χ3n) is 2.74. The Morgan fingerprint density at radius 1 is 1.50 bits per heavy atom. The first-order valence-electron chi connectivity index (χ1n) is 5.51. The molecular formula is C12H15BrFNO. The van der Waals surface area contributed by atoms with Crippen molar-refractivity contribution in [2.45, 2.75) is 25.4 Å². The van der Waals surface area contributed by atoms with Crippen LogP contribution in [-0.2, 0) is 11.3 Å². The summed E-state index contributed by atoms with van der Waals surface area (Å²) >= 11 is 3.18. The van der Waals surface area contributed by atoms with Crippen molar-refractivity contribution in [3.8, 4) is 0 Å². The molecule has 1 fully saturated rings. The predicted octanol–water partition coefficient (Wildman–Crippen LogP) is 2.86. The Morgan fingerprint density at radius 2 is 2.38 bits per heavy atom. The molecular weight excluding hydrogens is 273 g/mol. The molecule has 16 heavy (non-hydrogen) atoms. The summed E-state index contributed by atoms with van der Waals surface area (Å²) < 4.78 is 18.9. The van der Waals surface area contributed by atoms with Crippen LogP contribution >= 0.6 is 15.9 Å². The largest absolute Gasteiger partial charge is 0.380 e. The molecule has 0 radical (unpaired) electrons. The number of benzene rings is 1. The Labute approximate surface area is 103 Å². The normalized spacial score (nSPS) is 21.0. The number of halogens is 2. The van der Waals surface area contributed by atoms with Gasteiger partial charge in [-0.05, 0) is 46.5 Å². The van der Waals surface area contributed by atoms with E-state index in [-0.39, 0.29) is 5.82 Å². The summed E-state index contributed by atoms with van der Waals surface area (Å²) in [7, 11) is 0. The zero-order chi connectivity index (χ0) is 11.4. The molecule has 1 unspecified atom stereocenters. The van der Waals surface area contributed by atoms with Crippen LogP contribution in [0.2, 0.25) is 0 Å². The Morgan fingerprint density at radius 3 is 3.06 bits per heavy atom. The molecule has 0 bridgehead atoms. The molecule has 1 heterocycles. The topological polar surface area (TPSA) is 21.3 Å².